The molecular weight excluding hydrogens is 248 g/mol. The fourth-order valence-corrected chi connectivity index (χ4v) is 2.41. The molecule has 2 nitrogen and oxygen atoms in total. The van der Waals surface area contributed by atoms with Gasteiger partial charge in [0.1, 0.15) is 0 Å². The third kappa shape index (κ3) is 17.7. The third-order valence-corrected chi connectivity index (χ3v) is 3.75. The van der Waals surface area contributed by atoms with Crippen molar-refractivity contribution in [1.82, 2.24) is 0 Å². The van der Waals surface area contributed by atoms with Crippen LogP contribution in [0.2, 0.25) is 0 Å². The number of hydrogen-bond acceptors (Lipinski definition) is 2. The topological polar surface area (TPSA) is 29.5 Å². The van der Waals surface area contributed by atoms with Crippen molar-refractivity contribution < 1.29 is 10.1 Å². The van der Waals surface area contributed by atoms with Gasteiger partial charge in [0.2, 0.25) is 0 Å². The quantitative estimate of drug-likeness (QED) is 0.151. The Morgan fingerprint density at radius 3 is 1.60 bits per heavy atom. The Morgan fingerprint density at radius 2 is 1.10 bits per heavy atom. The van der Waals surface area contributed by atoms with Crippen molar-refractivity contribution in [3.05, 3.63) is 12.2 Å². The molecule has 0 unspecified atom stereocenters. The Bertz CT molecular complexity index is 190. The minimum absolute atomic E-state index is 0.487. The highest BCUT2D eigenvalue weighted by atomic mass is 17.1. The van der Waals surface area contributed by atoms with Gasteiger partial charge in [-0.15, -0.1) is 0 Å². The number of allylic oxidation sites excluding steroid dienone is 2. The Balaban J connectivity index is 3.01. The van der Waals surface area contributed by atoms with E-state index in [0.29, 0.717) is 6.61 Å². The summed E-state index contributed by atoms with van der Waals surface area (Å²) in [4.78, 5) is 4.05. The zero-order valence-electron chi connectivity index (χ0n) is 13.6. The summed E-state index contributed by atoms with van der Waals surface area (Å²) in [5.74, 6) is 0. The van der Waals surface area contributed by atoms with E-state index >= 15 is 0 Å². The second kappa shape index (κ2) is 18.7. The molecule has 0 aliphatic heterocycles. The fourth-order valence-electron chi connectivity index (χ4n) is 2.41. The molecule has 0 radical (unpaired) electrons. The van der Waals surface area contributed by atoms with E-state index in [-0.39, 0.29) is 0 Å². The SMILES string of the molecule is CCCCCCCCC=CCCCCCCCCOO. The molecular formula is C18H36O2. The van der Waals surface area contributed by atoms with E-state index in [1.54, 1.807) is 0 Å². The van der Waals surface area contributed by atoms with Crippen LogP contribution in [0.15, 0.2) is 12.2 Å². The summed E-state index contributed by atoms with van der Waals surface area (Å²) in [6.07, 6.45) is 23.0. The Labute approximate surface area is 126 Å². The van der Waals surface area contributed by atoms with Gasteiger partial charge in [0.25, 0.3) is 0 Å². The van der Waals surface area contributed by atoms with E-state index in [2.05, 4.69) is 24.0 Å². The molecule has 0 fully saturated rings. The van der Waals surface area contributed by atoms with Crippen molar-refractivity contribution in [3.63, 3.8) is 0 Å². The van der Waals surface area contributed by atoms with E-state index < -0.39 is 0 Å². The lowest BCUT2D eigenvalue weighted by atomic mass is 10.1. The molecule has 0 rings (SSSR count). The Morgan fingerprint density at radius 1 is 0.650 bits per heavy atom. The second-order valence-electron chi connectivity index (χ2n) is 5.77. The van der Waals surface area contributed by atoms with Gasteiger partial charge in [-0.05, 0) is 32.1 Å². The highest BCUT2D eigenvalue weighted by molar-refractivity contribution is 4.81. The summed E-state index contributed by atoms with van der Waals surface area (Å²) in [5.41, 5.74) is 0. The highest BCUT2D eigenvalue weighted by Gasteiger charge is 1.91. The molecule has 0 aromatic heterocycles. The normalized spacial score (nSPS) is 11.5. The molecule has 0 amide bonds. The molecule has 0 bridgehead atoms. The van der Waals surface area contributed by atoms with Gasteiger partial charge >= 0.3 is 0 Å². The molecule has 0 atom stereocenters. The minimum atomic E-state index is 0.487. The first-order valence-corrected chi connectivity index (χ1v) is 8.83. The van der Waals surface area contributed by atoms with Crippen LogP contribution in [0.3, 0.4) is 0 Å². The lowest BCUT2D eigenvalue weighted by Gasteiger charge is -2.00. The number of unbranched alkanes of at least 4 members (excludes halogenated alkanes) is 12. The molecule has 0 aliphatic carbocycles. The monoisotopic (exact) mass is 284 g/mol. The molecule has 0 aromatic rings. The van der Waals surface area contributed by atoms with Crippen LogP contribution in [0.5, 0.6) is 0 Å². The third-order valence-electron chi connectivity index (χ3n) is 3.75. The van der Waals surface area contributed by atoms with Crippen LogP contribution in [0, 0.1) is 0 Å². The lowest BCUT2D eigenvalue weighted by molar-refractivity contribution is -0.242. The van der Waals surface area contributed by atoms with Gasteiger partial charge in [-0.25, -0.2) is 4.89 Å². The molecule has 0 spiro atoms. The van der Waals surface area contributed by atoms with E-state index in [0.717, 1.165) is 6.42 Å². The van der Waals surface area contributed by atoms with Crippen molar-refractivity contribution in [3.8, 4) is 0 Å². The zero-order valence-corrected chi connectivity index (χ0v) is 13.6. The summed E-state index contributed by atoms with van der Waals surface area (Å²) in [6.45, 7) is 2.76. The van der Waals surface area contributed by atoms with Crippen LogP contribution in [-0.4, -0.2) is 11.9 Å². The highest BCUT2D eigenvalue weighted by Crippen LogP contribution is 2.09. The largest absolute Gasteiger partial charge is 0.252 e. The smallest absolute Gasteiger partial charge is 0.0819 e. The minimum Gasteiger partial charge on any atom is -0.252 e. The fraction of sp³-hybridized carbons (Fsp3) is 0.889. The van der Waals surface area contributed by atoms with Crippen LogP contribution < -0.4 is 0 Å². The first-order valence-electron chi connectivity index (χ1n) is 8.83. The molecule has 1 N–H and O–H groups in total. The maximum absolute atomic E-state index is 8.17. The first-order chi connectivity index (χ1) is 9.91. The van der Waals surface area contributed by atoms with Crippen LogP contribution >= 0.6 is 0 Å². The Hall–Kier alpha value is -0.340. The van der Waals surface area contributed by atoms with Crippen LogP contribution in [0.4, 0.5) is 0 Å². The van der Waals surface area contributed by atoms with Gasteiger partial charge in [0, 0.05) is 0 Å². The summed E-state index contributed by atoms with van der Waals surface area (Å²) in [7, 11) is 0. The van der Waals surface area contributed by atoms with Gasteiger partial charge in [-0.1, -0.05) is 76.9 Å². The van der Waals surface area contributed by atoms with Crippen molar-refractivity contribution in [1.29, 1.82) is 0 Å². The van der Waals surface area contributed by atoms with Gasteiger partial charge in [-0.3, -0.25) is 5.26 Å². The van der Waals surface area contributed by atoms with Crippen molar-refractivity contribution >= 4 is 0 Å². The van der Waals surface area contributed by atoms with E-state index in [1.807, 2.05) is 0 Å². The van der Waals surface area contributed by atoms with Crippen LogP contribution in [0.1, 0.15) is 96.8 Å². The van der Waals surface area contributed by atoms with E-state index in [9.17, 15) is 0 Å². The van der Waals surface area contributed by atoms with Gasteiger partial charge in [0.05, 0.1) is 6.61 Å². The van der Waals surface area contributed by atoms with Crippen LogP contribution in [-0.2, 0) is 4.89 Å². The van der Waals surface area contributed by atoms with Crippen molar-refractivity contribution in [2.24, 2.45) is 0 Å². The molecule has 0 heterocycles. The predicted molar refractivity (Wildman–Crippen MR) is 88.0 cm³/mol. The van der Waals surface area contributed by atoms with Gasteiger partial charge in [-0.2, -0.15) is 0 Å². The zero-order chi connectivity index (χ0) is 14.7. The summed E-state index contributed by atoms with van der Waals surface area (Å²) < 4.78 is 0. The Kier molecular flexibility index (Phi) is 18.3. The molecule has 0 saturated heterocycles. The van der Waals surface area contributed by atoms with Gasteiger partial charge < -0.3 is 0 Å². The van der Waals surface area contributed by atoms with Gasteiger partial charge in [0.15, 0.2) is 0 Å². The predicted octanol–water partition coefficient (Wildman–Crippen LogP) is 6.51. The first kappa shape index (κ1) is 19.7. The molecule has 2 heteroatoms. The van der Waals surface area contributed by atoms with E-state index in [1.165, 1.54) is 83.5 Å². The molecule has 0 saturated carbocycles. The molecule has 20 heavy (non-hydrogen) atoms. The van der Waals surface area contributed by atoms with Crippen molar-refractivity contribution in [2.75, 3.05) is 6.61 Å². The summed E-state index contributed by atoms with van der Waals surface area (Å²) in [5, 5.41) is 8.17. The number of rotatable bonds is 16. The molecule has 120 valence electrons. The molecule has 0 aromatic carbocycles. The van der Waals surface area contributed by atoms with Crippen LogP contribution in [0.25, 0.3) is 0 Å². The van der Waals surface area contributed by atoms with Crippen molar-refractivity contribution in [2.45, 2.75) is 96.8 Å². The summed E-state index contributed by atoms with van der Waals surface area (Å²) >= 11 is 0. The average molecular weight is 284 g/mol. The maximum atomic E-state index is 8.17. The lowest BCUT2D eigenvalue weighted by Crippen LogP contribution is -1.88. The van der Waals surface area contributed by atoms with E-state index in [4.69, 9.17) is 5.26 Å². The maximum Gasteiger partial charge on any atom is 0.0819 e. The average Bonchev–Trinajstić information content (AvgIpc) is 2.47. The second-order valence-corrected chi connectivity index (χ2v) is 5.77. The molecule has 0 aliphatic rings. The number of hydrogen-bond donors (Lipinski definition) is 1. The summed E-state index contributed by atoms with van der Waals surface area (Å²) in [6, 6.07) is 0. The standard InChI is InChI=1S/C18H36O2/c1-2-3-4-5-6-7-8-9-10-11-12-13-14-15-16-17-18-20-19/h9-10,19H,2-8,11-18H2,1H3.